The van der Waals surface area contributed by atoms with Crippen molar-refractivity contribution in [1.82, 2.24) is 0 Å². The second-order valence-electron chi connectivity index (χ2n) is 4.61. The average Bonchev–Trinajstić information content (AvgIpc) is 2.97. The minimum Gasteiger partial charge on any atom is -0.466 e. The Morgan fingerprint density at radius 1 is 1.18 bits per heavy atom. The Bertz CT molecular complexity index is 646. The van der Waals surface area contributed by atoms with Gasteiger partial charge < -0.3 is 9.47 Å². The molecule has 2 aromatic rings. The van der Waals surface area contributed by atoms with Gasteiger partial charge in [-0.25, -0.2) is 4.79 Å². The summed E-state index contributed by atoms with van der Waals surface area (Å²) >= 11 is 1.51. The predicted octanol–water partition coefficient (Wildman–Crippen LogP) is 3.70. The minimum absolute atomic E-state index is 0.257. The molecule has 116 valence electrons. The lowest BCUT2D eigenvalue weighted by Crippen LogP contribution is -2.07. The summed E-state index contributed by atoms with van der Waals surface area (Å²) in [6, 6.07) is 11.6. The maximum atomic E-state index is 11.9. The highest BCUT2D eigenvalue weighted by Gasteiger charge is 2.18. The molecule has 22 heavy (non-hydrogen) atoms. The zero-order valence-electron chi connectivity index (χ0n) is 12.6. The number of carbonyl (C=O) groups is 2. The number of hydrogen-bond acceptors (Lipinski definition) is 5. The molecule has 0 saturated heterocycles. The van der Waals surface area contributed by atoms with Crippen molar-refractivity contribution in [2.45, 2.75) is 19.8 Å². The molecule has 0 aliphatic heterocycles. The largest absolute Gasteiger partial charge is 0.466 e. The van der Waals surface area contributed by atoms with Crippen molar-refractivity contribution in [2.75, 3.05) is 13.7 Å². The first-order valence-electron chi connectivity index (χ1n) is 7.07. The van der Waals surface area contributed by atoms with Gasteiger partial charge in [0.1, 0.15) is 0 Å². The van der Waals surface area contributed by atoms with E-state index in [0.717, 1.165) is 15.3 Å². The van der Waals surface area contributed by atoms with E-state index in [1.807, 2.05) is 36.4 Å². The molecule has 0 atom stereocenters. The standard InChI is InChI=1S/C17H18O4S/c1-3-21-16(18)10-9-14-13(17(19)20-2)11-15(22-14)12-7-5-4-6-8-12/h4-8,11H,3,9-10H2,1-2H3. The van der Waals surface area contributed by atoms with Gasteiger partial charge in [0.2, 0.25) is 0 Å². The summed E-state index contributed by atoms with van der Waals surface area (Å²) in [5, 5.41) is 0. The Morgan fingerprint density at radius 2 is 1.91 bits per heavy atom. The van der Waals surface area contributed by atoms with Crippen LogP contribution in [0.2, 0.25) is 0 Å². The fraction of sp³-hybridized carbons (Fsp3) is 0.294. The quantitative estimate of drug-likeness (QED) is 0.762. The van der Waals surface area contributed by atoms with Crippen LogP contribution in [0.25, 0.3) is 10.4 Å². The van der Waals surface area contributed by atoms with Crippen LogP contribution in [-0.4, -0.2) is 25.7 Å². The first-order chi connectivity index (χ1) is 10.7. The molecule has 0 spiro atoms. The van der Waals surface area contributed by atoms with Crippen LogP contribution in [0, 0.1) is 0 Å². The number of methoxy groups -OCH3 is 1. The number of hydrogen-bond donors (Lipinski definition) is 0. The zero-order valence-corrected chi connectivity index (χ0v) is 13.4. The highest BCUT2D eigenvalue weighted by atomic mass is 32.1. The maximum absolute atomic E-state index is 11.9. The van der Waals surface area contributed by atoms with Crippen molar-refractivity contribution in [3.63, 3.8) is 0 Å². The van der Waals surface area contributed by atoms with Gasteiger partial charge in [0, 0.05) is 9.75 Å². The molecular formula is C17H18O4S. The number of benzene rings is 1. The first kappa shape index (κ1) is 16.2. The predicted molar refractivity (Wildman–Crippen MR) is 86.0 cm³/mol. The lowest BCUT2D eigenvalue weighted by atomic mass is 10.1. The Kier molecular flexibility index (Phi) is 5.72. The van der Waals surface area contributed by atoms with Gasteiger partial charge in [0.15, 0.2) is 0 Å². The van der Waals surface area contributed by atoms with Crippen LogP contribution < -0.4 is 0 Å². The van der Waals surface area contributed by atoms with Gasteiger partial charge in [-0.05, 0) is 25.0 Å². The third-order valence-electron chi connectivity index (χ3n) is 3.13. The maximum Gasteiger partial charge on any atom is 0.339 e. The van der Waals surface area contributed by atoms with Crippen molar-refractivity contribution in [2.24, 2.45) is 0 Å². The number of ether oxygens (including phenoxy) is 2. The van der Waals surface area contributed by atoms with Gasteiger partial charge in [-0.1, -0.05) is 30.3 Å². The summed E-state index contributed by atoms with van der Waals surface area (Å²) in [6.45, 7) is 2.14. The van der Waals surface area contributed by atoms with E-state index >= 15 is 0 Å². The Balaban J connectivity index is 2.25. The van der Waals surface area contributed by atoms with E-state index in [4.69, 9.17) is 9.47 Å². The summed E-state index contributed by atoms with van der Waals surface area (Å²) in [4.78, 5) is 25.3. The molecular weight excluding hydrogens is 300 g/mol. The molecule has 4 nitrogen and oxygen atoms in total. The summed E-state index contributed by atoms with van der Waals surface area (Å²) in [5.41, 5.74) is 1.57. The number of thiophene rings is 1. The van der Waals surface area contributed by atoms with Gasteiger partial charge in [0.25, 0.3) is 0 Å². The lowest BCUT2D eigenvalue weighted by molar-refractivity contribution is -0.143. The number of esters is 2. The molecule has 0 amide bonds. The third-order valence-corrected chi connectivity index (χ3v) is 4.38. The van der Waals surface area contributed by atoms with Crippen LogP contribution in [-0.2, 0) is 20.7 Å². The highest BCUT2D eigenvalue weighted by Crippen LogP contribution is 2.32. The zero-order chi connectivity index (χ0) is 15.9. The van der Waals surface area contributed by atoms with E-state index in [1.54, 1.807) is 6.92 Å². The molecule has 0 saturated carbocycles. The van der Waals surface area contributed by atoms with Crippen molar-refractivity contribution in [3.8, 4) is 10.4 Å². The van der Waals surface area contributed by atoms with Gasteiger partial charge >= 0.3 is 11.9 Å². The monoisotopic (exact) mass is 318 g/mol. The van der Waals surface area contributed by atoms with E-state index in [0.29, 0.717) is 18.6 Å². The molecule has 0 radical (unpaired) electrons. The molecule has 0 fully saturated rings. The molecule has 0 aliphatic rings. The van der Waals surface area contributed by atoms with Gasteiger partial charge in [0.05, 0.1) is 25.7 Å². The van der Waals surface area contributed by atoms with Crippen LogP contribution in [0.1, 0.15) is 28.6 Å². The van der Waals surface area contributed by atoms with Crippen molar-refractivity contribution < 1.29 is 19.1 Å². The topological polar surface area (TPSA) is 52.6 Å². The van der Waals surface area contributed by atoms with Crippen molar-refractivity contribution in [3.05, 3.63) is 46.8 Å². The van der Waals surface area contributed by atoms with E-state index in [9.17, 15) is 9.59 Å². The van der Waals surface area contributed by atoms with Crippen LogP contribution in [0.5, 0.6) is 0 Å². The average molecular weight is 318 g/mol. The fourth-order valence-electron chi connectivity index (χ4n) is 2.09. The number of rotatable bonds is 6. The molecule has 0 bridgehead atoms. The van der Waals surface area contributed by atoms with E-state index in [1.165, 1.54) is 18.4 Å². The van der Waals surface area contributed by atoms with Gasteiger partial charge in [-0.15, -0.1) is 11.3 Å². The molecule has 0 aliphatic carbocycles. The molecule has 2 rings (SSSR count). The Morgan fingerprint density at radius 3 is 2.55 bits per heavy atom. The van der Waals surface area contributed by atoms with Crippen molar-refractivity contribution in [1.29, 1.82) is 0 Å². The highest BCUT2D eigenvalue weighted by molar-refractivity contribution is 7.15. The third kappa shape index (κ3) is 3.95. The lowest BCUT2D eigenvalue weighted by Gasteiger charge is -2.02. The van der Waals surface area contributed by atoms with E-state index in [2.05, 4.69) is 0 Å². The molecule has 0 N–H and O–H groups in total. The molecule has 5 heteroatoms. The second-order valence-corrected chi connectivity index (χ2v) is 5.75. The Hall–Kier alpha value is -2.14. The van der Waals surface area contributed by atoms with Crippen LogP contribution >= 0.6 is 11.3 Å². The van der Waals surface area contributed by atoms with Gasteiger partial charge in [-0.2, -0.15) is 0 Å². The van der Waals surface area contributed by atoms with Crippen molar-refractivity contribution >= 4 is 23.3 Å². The van der Waals surface area contributed by atoms with Gasteiger partial charge in [-0.3, -0.25) is 4.79 Å². The smallest absolute Gasteiger partial charge is 0.339 e. The summed E-state index contributed by atoms with van der Waals surface area (Å²) < 4.78 is 9.76. The van der Waals surface area contributed by atoms with E-state index < -0.39 is 0 Å². The Labute approximate surface area is 133 Å². The van der Waals surface area contributed by atoms with Crippen LogP contribution in [0.15, 0.2) is 36.4 Å². The first-order valence-corrected chi connectivity index (χ1v) is 7.89. The molecule has 0 unspecified atom stereocenters. The minimum atomic E-state index is -0.378. The fourth-order valence-corrected chi connectivity index (χ4v) is 3.24. The molecule has 1 aromatic carbocycles. The summed E-state index contributed by atoms with van der Waals surface area (Å²) in [7, 11) is 1.36. The van der Waals surface area contributed by atoms with Crippen LogP contribution in [0.3, 0.4) is 0 Å². The normalized spacial score (nSPS) is 10.3. The SMILES string of the molecule is CCOC(=O)CCc1sc(-c2ccccc2)cc1C(=O)OC. The molecule has 1 heterocycles. The summed E-state index contributed by atoms with van der Waals surface area (Å²) in [5.74, 6) is -0.634. The van der Waals surface area contributed by atoms with Crippen LogP contribution in [0.4, 0.5) is 0 Å². The van der Waals surface area contributed by atoms with E-state index in [-0.39, 0.29) is 18.4 Å². The molecule has 1 aromatic heterocycles. The summed E-state index contributed by atoms with van der Waals surface area (Å²) in [6.07, 6.45) is 0.730. The number of carbonyl (C=O) groups excluding carboxylic acids is 2. The second kappa shape index (κ2) is 7.75. The number of aryl methyl sites for hydroxylation is 1.